The fourth-order valence-corrected chi connectivity index (χ4v) is 4.09. The van der Waals surface area contributed by atoms with Gasteiger partial charge in [-0.1, -0.05) is 76.5 Å². The monoisotopic (exact) mass is 450 g/mol. The summed E-state index contributed by atoms with van der Waals surface area (Å²) < 4.78 is 10.5. The summed E-state index contributed by atoms with van der Waals surface area (Å²) in [5.41, 5.74) is -0.271. The van der Waals surface area contributed by atoms with E-state index in [1.165, 1.54) is 77.6 Å². The van der Waals surface area contributed by atoms with Crippen molar-refractivity contribution in [1.29, 1.82) is 0 Å². The molecule has 0 aromatic carbocycles. The summed E-state index contributed by atoms with van der Waals surface area (Å²) in [6.07, 6.45) is 24.7. The minimum atomic E-state index is -0.911. The molecule has 32 heavy (non-hydrogen) atoms. The van der Waals surface area contributed by atoms with E-state index in [1.807, 2.05) is 6.08 Å². The van der Waals surface area contributed by atoms with E-state index < -0.39 is 11.6 Å². The zero-order chi connectivity index (χ0) is 23.5. The molecule has 0 aliphatic carbocycles. The molecule has 1 atom stereocenters. The van der Waals surface area contributed by atoms with Crippen molar-refractivity contribution in [2.24, 2.45) is 0 Å². The number of carbonyl (C=O) groups excluding carboxylic acids is 2. The number of aliphatic hydroxyl groups excluding tert-OH is 1. The molecule has 1 heterocycles. The average molecular weight is 451 g/mol. The van der Waals surface area contributed by atoms with Crippen molar-refractivity contribution in [2.45, 2.75) is 122 Å². The normalized spacial score (nSPS) is 19.7. The fourth-order valence-electron chi connectivity index (χ4n) is 4.09. The van der Waals surface area contributed by atoms with Crippen LogP contribution in [0.1, 0.15) is 117 Å². The number of aliphatic hydroxyl groups is 1. The lowest BCUT2D eigenvalue weighted by molar-refractivity contribution is -0.162. The van der Waals surface area contributed by atoms with E-state index in [2.05, 4.69) is 19.1 Å². The highest BCUT2D eigenvalue weighted by molar-refractivity contribution is 5.91. The van der Waals surface area contributed by atoms with Crippen molar-refractivity contribution >= 4 is 11.9 Å². The van der Waals surface area contributed by atoms with E-state index in [1.54, 1.807) is 0 Å². The summed E-state index contributed by atoms with van der Waals surface area (Å²) in [4.78, 5) is 23.3. The first-order chi connectivity index (χ1) is 15.5. The summed E-state index contributed by atoms with van der Waals surface area (Å²) in [7, 11) is 0. The number of unbranched alkanes of at least 4 members (excludes halogenated alkanes) is 12. The van der Waals surface area contributed by atoms with Crippen LogP contribution in [-0.2, 0) is 19.1 Å². The van der Waals surface area contributed by atoms with Crippen LogP contribution in [0.5, 0.6) is 0 Å². The number of allylic oxidation sites excluding steroid dienone is 3. The molecule has 0 saturated carbocycles. The highest BCUT2D eigenvalue weighted by Gasteiger charge is 2.44. The molecule has 1 aliphatic rings. The van der Waals surface area contributed by atoms with Crippen molar-refractivity contribution in [3.8, 4) is 0 Å². The highest BCUT2D eigenvalue weighted by Crippen LogP contribution is 2.34. The summed E-state index contributed by atoms with van der Waals surface area (Å²) in [5, 5.41) is 9.30. The Hall–Kier alpha value is -1.62. The van der Waals surface area contributed by atoms with Gasteiger partial charge < -0.3 is 14.6 Å². The molecule has 0 bridgehead atoms. The molecule has 0 spiro atoms. The first-order valence-corrected chi connectivity index (χ1v) is 12.8. The van der Waals surface area contributed by atoms with E-state index >= 15 is 0 Å². The second kappa shape index (κ2) is 17.9. The Balaban J connectivity index is 2.09. The molecule has 1 N–H and O–H groups in total. The number of esters is 2. The Morgan fingerprint density at radius 2 is 1.53 bits per heavy atom. The van der Waals surface area contributed by atoms with Crippen LogP contribution in [-0.4, -0.2) is 35.9 Å². The molecule has 0 amide bonds. The Labute approximate surface area is 195 Å². The summed E-state index contributed by atoms with van der Waals surface area (Å²) in [6, 6.07) is 0. The van der Waals surface area contributed by atoms with Gasteiger partial charge in [-0.2, -0.15) is 0 Å². The lowest BCUT2D eigenvalue weighted by Gasteiger charge is -2.25. The molecule has 0 radical (unpaired) electrons. The molecule has 5 heteroatoms. The number of carbonyl (C=O) groups is 2. The topological polar surface area (TPSA) is 72.8 Å². The maximum atomic E-state index is 12.2. The van der Waals surface area contributed by atoms with Gasteiger partial charge in [0.05, 0.1) is 0 Å². The van der Waals surface area contributed by atoms with Crippen LogP contribution in [0, 0.1) is 0 Å². The van der Waals surface area contributed by atoms with Crippen LogP contribution < -0.4 is 0 Å². The quantitative estimate of drug-likeness (QED) is 0.104. The molecule has 1 fully saturated rings. The van der Waals surface area contributed by atoms with Gasteiger partial charge in [0, 0.05) is 31.9 Å². The maximum absolute atomic E-state index is 12.2. The van der Waals surface area contributed by atoms with E-state index in [9.17, 15) is 14.7 Å². The van der Waals surface area contributed by atoms with E-state index in [-0.39, 0.29) is 25.6 Å². The van der Waals surface area contributed by atoms with Gasteiger partial charge >= 0.3 is 11.9 Å². The van der Waals surface area contributed by atoms with Crippen molar-refractivity contribution < 1.29 is 24.2 Å². The van der Waals surface area contributed by atoms with Gasteiger partial charge in [0.15, 0.2) is 5.60 Å². The molecular formula is C27H46O5. The number of ether oxygens (including phenoxy) is 2. The molecule has 184 valence electrons. The molecule has 1 rings (SSSR count). The molecule has 0 aromatic rings. The smallest absolute Gasteiger partial charge is 0.334 e. The third-order valence-corrected chi connectivity index (χ3v) is 6.05. The largest absolute Gasteiger partial charge is 0.462 e. The second-order valence-corrected chi connectivity index (χ2v) is 9.11. The van der Waals surface area contributed by atoms with Gasteiger partial charge in [0.2, 0.25) is 0 Å². The van der Waals surface area contributed by atoms with Gasteiger partial charge in [-0.25, -0.2) is 4.79 Å². The minimum Gasteiger partial charge on any atom is -0.462 e. The number of cyclic esters (lactones) is 1. The fraction of sp³-hybridized carbons (Fsp3) is 0.778. The van der Waals surface area contributed by atoms with Gasteiger partial charge in [0.1, 0.15) is 6.61 Å². The Morgan fingerprint density at radius 1 is 0.969 bits per heavy atom. The van der Waals surface area contributed by atoms with Crippen molar-refractivity contribution in [3.05, 3.63) is 23.8 Å². The lowest BCUT2D eigenvalue weighted by Crippen LogP contribution is -2.36. The van der Waals surface area contributed by atoms with Crippen molar-refractivity contribution in [1.82, 2.24) is 0 Å². The summed E-state index contributed by atoms with van der Waals surface area (Å²) >= 11 is 0. The molecule has 0 unspecified atom stereocenters. The minimum absolute atomic E-state index is 0.000617. The number of hydrogen-bond donors (Lipinski definition) is 1. The molecule has 5 nitrogen and oxygen atoms in total. The molecular weight excluding hydrogens is 404 g/mol. The average Bonchev–Trinajstić information content (AvgIpc) is 3.07. The van der Waals surface area contributed by atoms with Gasteiger partial charge in [0.25, 0.3) is 0 Å². The Bertz CT molecular complexity index is 581. The summed E-state index contributed by atoms with van der Waals surface area (Å²) in [6.45, 7) is 3.47. The number of rotatable bonds is 19. The highest BCUT2D eigenvalue weighted by atomic mass is 16.6. The van der Waals surface area contributed by atoms with Crippen LogP contribution in [0.3, 0.4) is 0 Å². The zero-order valence-electron chi connectivity index (χ0n) is 20.5. The predicted octanol–water partition coefficient (Wildman–Crippen LogP) is 6.58. The maximum Gasteiger partial charge on any atom is 0.334 e. The third kappa shape index (κ3) is 13.0. The zero-order valence-corrected chi connectivity index (χ0v) is 20.5. The van der Waals surface area contributed by atoms with Crippen LogP contribution in [0.15, 0.2) is 23.8 Å². The van der Waals surface area contributed by atoms with Crippen LogP contribution in [0.25, 0.3) is 0 Å². The molecule has 0 aromatic heterocycles. The van der Waals surface area contributed by atoms with Crippen LogP contribution in [0.2, 0.25) is 0 Å². The SMILES string of the molecule is CCCCCCCC/C=C\CCCCCCC/C=C1/C[C@@](CCO)(COC(C)=O)OC1=O. The van der Waals surface area contributed by atoms with E-state index in [0.717, 1.165) is 19.3 Å². The van der Waals surface area contributed by atoms with Crippen molar-refractivity contribution in [3.63, 3.8) is 0 Å². The first kappa shape index (κ1) is 28.4. The Kier molecular flexibility index (Phi) is 15.9. The van der Waals surface area contributed by atoms with Gasteiger partial charge in [-0.15, -0.1) is 0 Å². The third-order valence-electron chi connectivity index (χ3n) is 6.05. The predicted molar refractivity (Wildman–Crippen MR) is 129 cm³/mol. The Morgan fingerprint density at radius 3 is 2.09 bits per heavy atom. The summed E-state index contributed by atoms with van der Waals surface area (Å²) in [5.74, 6) is -0.762. The standard InChI is InChI=1S/C27H46O5/c1-3-4-5-6-7-8-9-10-11-12-13-14-15-16-17-18-19-25-22-27(20-21-28,32-26(25)30)23-31-24(2)29/h10-11,19,28H,3-9,12-18,20-23H2,1-2H3/b11-10-,25-19-/t27-/m0/s1. The van der Waals surface area contributed by atoms with Crippen LogP contribution in [0.4, 0.5) is 0 Å². The van der Waals surface area contributed by atoms with Gasteiger partial charge in [-0.3, -0.25) is 4.79 Å². The lowest BCUT2D eigenvalue weighted by atomic mass is 9.94. The van der Waals surface area contributed by atoms with E-state index in [0.29, 0.717) is 12.0 Å². The number of hydrogen-bond acceptors (Lipinski definition) is 5. The molecule has 1 saturated heterocycles. The second-order valence-electron chi connectivity index (χ2n) is 9.11. The van der Waals surface area contributed by atoms with Gasteiger partial charge in [-0.05, 0) is 38.5 Å². The van der Waals surface area contributed by atoms with Crippen molar-refractivity contribution in [2.75, 3.05) is 13.2 Å². The first-order valence-electron chi connectivity index (χ1n) is 12.8. The molecule has 1 aliphatic heterocycles. The van der Waals surface area contributed by atoms with E-state index in [4.69, 9.17) is 9.47 Å². The van der Waals surface area contributed by atoms with Crippen LogP contribution >= 0.6 is 0 Å².